The predicted molar refractivity (Wildman–Crippen MR) is 144 cm³/mol. The monoisotopic (exact) mass is 508 g/mol. The number of aromatic amines is 1. The normalized spacial score (nSPS) is 16.9. The van der Waals surface area contributed by atoms with Gasteiger partial charge in [0.1, 0.15) is 11.6 Å². The first-order valence-electron chi connectivity index (χ1n) is 13.2. The first kappa shape index (κ1) is 26.8. The number of aryl methyl sites for hydroxylation is 1. The van der Waals surface area contributed by atoms with Crippen LogP contribution in [0.2, 0.25) is 0 Å². The van der Waals surface area contributed by atoms with Crippen molar-refractivity contribution in [3.05, 3.63) is 65.7 Å². The lowest BCUT2D eigenvalue weighted by Crippen LogP contribution is -2.37. The van der Waals surface area contributed by atoms with Gasteiger partial charge in [-0.1, -0.05) is 50.8 Å². The molecule has 4 aromatic rings. The van der Waals surface area contributed by atoms with E-state index < -0.39 is 5.60 Å². The number of aromatic nitrogens is 5. The van der Waals surface area contributed by atoms with Crippen LogP contribution in [0.5, 0.6) is 0 Å². The number of nitrogens with zero attached hydrogens (tertiary/aromatic N) is 5. The molecule has 198 valence electrons. The van der Waals surface area contributed by atoms with Crippen LogP contribution in [-0.4, -0.2) is 56.4 Å². The van der Waals surface area contributed by atoms with Gasteiger partial charge in [0.2, 0.25) is 0 Å². The highest BCUT2D eigenvalue weighted by Crippen LogP contribution is 2.41. The Kier molecular flexibility index (Phi) is 8.89. The molecule has 4 heterocycles. The van der Waals surface area contributed by atoms with E-state index in [1.807, 2.05) is 33.0 Å². The zero-order valence-electron chi connectivity index (χ0n) is 22.0. The number of aliphatic hydroxyl groups is 1. The Morgan fingerprint density at radius 3 is 2.35 bits per heavy atom. The number of hydrogen-bond acceptors (Lipinski definition) is 6. The van der Waals surface area contributed by atoms with Crippen LogP contribution in [0.25, 0.3) is 16.9 Å². The molecule has 1 saturated heterocycles. The van der Waals surface area contributed by atoms with Crippen LogP contribution in [0, 0.1) is 12.7 Å². The van der Waals surface area contributed by atoms with E-state index in [1.165, 1.54) is 18.6 Å². The highest BCUT2D eigenvalue weighted by molar-refractivity contribution is 5.83. The Morgan fingerprint density at radius 1 is 1.03 bits per heavy atom. The number of anilines is 1. The summed E-state index contributed by atoms with van der Waals surface area (Å²) in [5.41, 5.74) is 1.96. The Hall–Kier alpha value is -3.30. The number of rotatable bonds is 3. The van der Waals surface area contributed by atoms with Crippen molar-refractivity contribution in [1.29, 1.82) is 0 Å². The number of nitrogens with one attached hydrogen (secondary N) is 1. The minimum atomic E-state index is -0.817. The summed E-state index contributed by atoms with van der Waals surface area (Å²) in [7, 11) is 0. The summed E-state index contributed by atoms with van der Waals surface area (Å²) in [6.07, 6.45) is 8.34. The molecule has 0 amide bonds. The molecule has 0 atom stereocenters. The van der Waals surface area contributed by atoms with Gasteiger partial charge in [-0.05, 0) is 43.5 Å². The van der Waals surface area contributed by atoms with Gasteiger partial charge >= 0.3 is 0 Å². The maximum Gasteiger partial charge on any atom is 0.167 e. The molecule has 0 spiro atoms. The first-order chi connectivity index (χ1) is 18.0. The molecule has 0 bridgehead atoms. The van der Waals surface area contributed by atoms with E-state index in [4.69, 9.17) is 9.72 Å². The highest BCUT2D eigenvalue weighted by Gasteiger charge is 2.34. The van der Waals surface area contributed by atoms with E-state index in [9.17, 15) is 9.50 Å². The van der Waals surface area contributed by atoms with Crippen LogP contribution in [0.15, 0.2) is 48.8 Å². The minimum absolute atomic E-state index is 0.171. The van der Waals surface area contributed by atoms with E-state index in [0.29, 0.717) is 13.2 Å². The predicted octanol–water partition coefficient (Wildman–Crippen LogP) is 5.29. The smallest absolute Gasteiger partial charge is 0.167 e. The fraction of sp³-hybridized carbons (Fsp3) is 0.464. The molecule has 37 heavy (non-hydrogen) atoms. The van der Waals surface area contributed by atoms with Crippen molar-refractivity contribution >= 4 is 16.9 Å². The average Bonchev–Trinajstić information content (AvgIpc) is 3.62. The standard InChI is InChI=1S/C19H24N6O2.C7H7F.C2H6/c26-19(5-2-1-3-6-19)15-12-17(24-8-10-27-11-9-24)22-18-14(15)13-21-25(18)16-4-7-20-23-16;1-6-2-4-7(8)5-3-6;1-2/h4,7,12-13,26H,1-3,5-6,8-11H2,(H,20,23);2-5H,1H3;1-2H3. The van der Waals surface area contributed by atoms with E-state index in [1.54, 1.807) is 23.0 Å². The molecular weight excluding hydrogens is 471 g/mol. The van der Waals surface area contributed by atoms with Crippen LogP contribution < -0.4 is 4.90 Å². The van der Waals surface area contributed by atoms with Crippen molar-refractivity contribution in [1.82, 2.24) is 25.0 Å². The average molecular weight is 509 g/mol. The van der Waals surface area contributed by atoms with Crippen LogP contribution in [-0.2, 0) is 10.3 Å². The molecule has 0 radical (unpaired) electrons. The van der Waals surface area contributed by atoms with Gasteiger partial charge in [-0.3, -0.25) is 5.10 Å². The third-order valence-electron chi connectivity index (χ3n) is 6.77. The number of pyridine rings is 1. The van der Waals surface area contributed by atoms with Gasteiger partial charge < -0.3 is 14.7 Å². The highest BCUT2D eigenvalue weighted by atomic mass is 19.1. The fourth-order valence-electron chi connectivity index (χ4n) is 4.81. The largest absolute Gasteiger partial charge is 0.385 e. The van der Waals surface area contributed by atoms with Gasteiger partial charge in [-0.25, -0.2) is 9.37 Å². The summed E-state index contributed by atoms with van der Waals surface area (Å²) in [6.45, 7) is 8.92. The van der Waals surface area contributed by atoms with E-state index in [2.05, 4.69) is 26.3 Å². The van der Waals surface area contributed by atoms with Gasteiger partial charge in [0.15, 0.2) is 11.5 Å². The summed E-state index contributed by atoms with van der Waals surface area (Å²) in [5, 5.41) is 23.9. The van der Waals surface area contributed by atoms with Gasteiger partial charge in [-0.15, -0.1) is 0 Å². The molecule has 2 fully saturated rings. The summed E-state index contributed by atoms with van der Waals surface area (Å²) >= 11 is 0. The number of ether oxygens (including phenoxy) is 1. The number of fused-ring (bicyclic) bond motifs is 1. The lowest BCUT2D eigenvalue weighted by molar-refractivity contribution is 0.000727. The first-order valence-corrected chi connectivity index (χ1v) is 13.2. The lowest BCUT2D eigenvalue weighted by atomic mass is 9.79. The Labute approximate surface area is 217 Å². The Bertz CT molecular complexity index is 1220. The number of H-pyrrole nitrogens is 1. The molecule has 1 saturated carbocycles. The third kappa shape index (κ3) is 6.17. The zero-order chi connectivity index (χ0) is 26.3. The molecule has 8 nitrogen and oxygen atoms in total. The number of morpholine rings is 1. The molecule has 3 aromatic heterocycles. The van der Waals surface area contributed by atoms with Crippen molar-refractivity contribution in [2.24, 2.45) is 0 Å². The van der Waals surface area contributed by atoms with Gasteiger partial charge in [0, 0.05) is 24.5 Å². The van der Waals surface area contributed by atoms with Gasteiger partial charge in [-0.2, -0.15) is 14.9 Å². The SMILES string of the molecule is CC.Cc1ccc(F)cc1.OC1(c2cc(N3CCOCC3)nc3c2cnn3-c2ccn[nH]2)CCCCC1. The molecule has 1 aromatic carbocycles. The number of benzene rings is 1. The quantitative estimate of drug-likeness (QED) is 0.391. The van der Waals surface area contributed by atoms with Crippen molar-refractivity contribution in [3.8, 4) is 5.82 Å². The van der Waals surface area contributed by atoms with Gasteiger partial charge in [0.25, 0.3) is 0 Å². The van der Waals surface area contributed by atoms with Crippen LogP contribution >= 0.6 is 0 Å². The summed E-state index contributed by atoms with van der Waals surface area (Å²) in [4.78, 5) is 7.14. The van der Waals surface area contributed by atoms with Crippen LogP contribution in [0.1, 0.15) is 57.1 Å². The van der Waals surface area contributed by atoms with E-state index in [-0.39, 0.29) is 5.82 Å². The lowest BCUT2D eigenvalue weighted by Gasteiger charge is -2.34. The summed E-state index contributed by atoms with van der Waals surface area (Å²) < 4.78 is 19.3. The molecule has 1 aliphatic carbocycles. The van der Waals surface area contributed by atoms with Gasteiger partial charge in [0.05, 0.1) is 31.2 Å². The van der Waals surface area contributed by atoms with Crippen LogP contribution in [0.4, 0.5) is 10.2 Å². The molecule has 2 N–H and O–H groups in total. The van der Waals surface area contributed by atoms with Crippen molar-refractivity contribution in [2.45, 2.75) is 58.5 Å². The second-order valence-corrected chi connectivity index (χ2v) is 9.25. The maximum absolute atomic E-state index is 12.1. The molecule has 6 rings (SSSR count). The Morgan fingerprint density at radius 2 is 1.73 bits per heavy atom. The van der Waals surface area contributed by atoms with Crippen molar-refractivity contribution in [2.75, 3.05) is 31.2 Å². The molecular formula is C28H37FN6O2. The van der Waals surface area contributed by atoms with Crippen molar-refractivity contribution in [3.63, 3.8) is 0 Å². The number of hydrogen-bond donors (Lipinski definition) is 2. The van der Waals surface area contributed by atoms with Crippen LogP contribution in [0.3, 0.4) is 0 Å². The molecule has 0 unspecified atom stereocenters. The van der Waals surface area contributed by atoms with Crippen molar-refractivity contribution < 1.29 is 14.2 Å². The minimum Gasteiger partial charge on any atom is -0.385 e. The summed E-state index contributed by atoms with van der Waals surface area (Å²) in [6, 6.07) is 10.3. The molecule has 9 heteroatoms. The topological polar surface area (TPSA) is 92.1 Å². The summed E-state index contributed by atoms with van der Waals surface area (Å²) in [5.74, 6) is 1.47. The fourth-order valence-corrected chi connectivity index (χ4v) is 4.81. The second-order valence-electron chi connectivity index (χ2n) is 9.25. The Balaban J connectivity index is 0.000000272. The van der Waals surface area contributed by atoms with E-state index in [0.717, 1.165) is 72.6 Å². The molecule has 1 aliphatic heterocycles. The second kappa shape index (κ2) is 12.3. The van der Waals surface area contributed by atoms with E-state index >= 15 is 0 Å². The molecule has 2 aliphatic rings. The third-order valence-corrected chi connectivity index (χ3v) is 6.77. The zero-order valence-corrected chi connectivity index (χ0v) is 22.0. The number of halogens is 1. The maximum atomic E-state index is 12.1.